The second kappa shape index (κ2) is 9.65. The molecule has 1 spiro atoms. The highest BCUT2D eigenvalue weighted by Crippen LogP contribution is 2.51. The summed E-state index contributed by atoms with van der Waals surface area (Å²) in [7, 11) is 0. The predicted molar refractivity (Wildman–Crippen MR) is 139 cm³/mol. The van der Waals surface area contributed by atoms with Crippen molar-refractivity contribution >= 4 is 17.7 Å². The summed E-state index contributed by atoms with van der Waals surface area (Å²) >= 11 is 0. The van der Waals surface area contributed by atoms with Crippen molar-refractivity contribution in [2.45, 2.75) is 57.9 Å². The van der Waals surface area contributed by atoms with Crippen molar-refractivity contribution in [3.05, 3.63) is 53.6 Å². The molecule has 0 N–H and O–H groups in total. The van der Waals surface area contributed by atoms with Crippen molar-refractivity contribution in [1.82, 2.24) is 9.80 Å². The molecule has 5 rings (SSSR count). The number of para-hydroxylation sites is 1. The Labute approximate surface area is 208 Å². The second-order valence-corrected chi connectivity index (χ2v) is 10.4. The fraction of sp³-hybridized carbons (Fsp3) is 0.517. The van der Waals surface area contributed by atoms with Gasteiger partial charge < -0.3 is 19.4 Å². The van der Waals surface area contributed by atoms with E-state index >= 15 is 0 Å². The molecule has 3 heterocycles. The van der Waals surface area contributed by atoms with Crippen LogP contribution >= 0.6 is 0 Å². The Morgan fingerprint density at radius 2 is 1.66 bits per heavy atom. The van der Waals surface area contributed by atoms with Gasteiger partial charge in [-0.05, 0) is 69.3 Å². The third kappa shape index (κ3) is 4.33. The van der Waals surface area contributed by atoms with Crippen LogP contribution in [0.5, 0.6) is 0 Å². The third-order valence-corrected chi connectivity index (χ3v) is 8.42. The first kappa shape index (κ1) is 23.9. The maximum Gasteiger partial charge on any atom is 0.409 e. The van der Waals surface area contributed by atoms with Crippen LogP contribution in [0.2, 0.25) is 0 Å². The number of fused-ring (bicyclic) bond motifs is 2. The van der Waals surface area contributed by atoms with Gasteiger partial charge in [0.25, 0.3) is 0 Å². The molecule has 2 aromatic carbocycles. The molecule has 0 atom stereocenters. The minimum atomic E-state index is -0.181. The van der Waals surface area contributed by atoms with Gasteiger partial charge in [0.05, 0.1) is 12.3 Å². The van der Waals surface area contributed by atoms with E-state index in [1.54, 1.807) is 6.92 Å². The summed E-state index contributed by atoms with van der Waals surface area (Å²) in [5.41, 5.74) is 6.08. The summed E-state index contributed by atoms with van der Waals surface area (Å²) < 4.78 is 5.18. The highest BCUT2D eigenvalue weighted by Gasteiger charge is 2.47. The van der Waals surface area contributed by atoms with Crippen LogP contribution in [0.1, 0.15) is 50.7 Å². The Kier molecular flexibility index (Phi) is 6.58. The van der Waals surface area contributed by atoms with E-state index in [2.05, 4.69) is 54.3 Å². The number of rotatable bonds is 3. The average molecular weight is 476 g/mol. The maximum absolute atomic E-state index is 12.8. The van der Waals surface area contributed by atoms with E-state index in [0.29, 0.717) is 12.6 Å². The topological polar surface area (TPSA) is 53.1 Å². The van der Waals surface area contributed by atoms with Crippen LogP contribution in [0.3, 0.4) is 0 Å². The van der Waals surface area contributed by atoms with Gasteiger partial charge in [-0.2, -0.15) is 0 Å². The highest BCUT2D eigenvalue weighted by molar-refractivity contribution is 6.00. The number of hydrogen-bond acceptors (Lipinski definition) is 4. The number of carbonyl (C=O) groups excluding carboxylic acids is 2. The van der Waals surface area contributed by atoms with Gasteiger partial charge in [-0.1, -0.05) is 42.5 Å². The summed E-state index contributed by atoms with van der Waals surface area (Å²) in [6, 6.07) is 15.6. The lowest BCUT2D eigenvalue weighted by atomic mass is 9.73. The molecule has 0 radical (unpaired) electrons. The molecule has 0 aliphatic carbocycles. The summed E-state index contributed by atoms with van der Waals surface area (Å²) in [4.78, 5) is 31.4. The number of hydrogen-bond donors (Lipinski definition) is 0. The minimum absolute atomic E-state index is 0.0157. The standard InChI is InChI=1S/C29H37N3O3/c1-4-35-28(34)31-16-12-23(13-17-31)30-18-14-29(15-19-30)20-32(22(3)33)27-25(10-7-11-26(27)29)24-9-6-5-8-21(24)2/h5-11,23H,4,12-20H2,1-3H3. The number of carbonyl (C=O) groups is 2. The van der Waals surface area contributed by atoms with Crippen LogP contribution in [0.25, 0.3) is 11.1 Å². The molecule has 2 fully saturated rings. The summed E-state index contributed by atoms with van der Waals surface area (Å²) in [6.07, 6.45) is 3.93. The molecule has 3 aliphatic heterocycles. The Balaban J connectivity index is 1.35. The smallest absolute Gasteiger partial charge is 0.409 e. The highest BCUT2D eigenvalue weighted by atomic mass is 16.6. The quantitative estimate of drug-likeness (QED) is 0.628. The van der Waals surface area contributed by atoms with Crippen LogP contribution in [-0.2, 0) is 14.9 Å². The summed E-state index contributed by atoms with van der Waals surface area (Å²) in [5.74, 6) is 0.123. The normalized spacial score (nSPS) is 20.2. The van der Waals surface area contributed by atoms with Gasteiger partial charge >= 0.3 is 6.09 Å². The van der Waals surface area contributed by atoms with E-state index in [-0.39, 0.29) is 17.4 Å². The number of ether oxygens (including phenoxy) is 1. The molecule has 6 heteroatoms. The molecule has 2 aromatic rings. The van der Waals surface area contributed by atoms with Crippen LogP contribution in [0.4, 0.5) is 10.5 Å². The Hall–Kier alpha value is -2.86. The number of benzene rings is 2. The van der Waals surface area contributed by atoms with E-state index in [1.165, 1.54) is 22.3 Å². The van der Waals surface area contributed by atoms with Gasteiger partial charge in [0.1, 0.15) is 0 Å². The minimum Gasteiger partial charge on any atom is -0.450 e. The monoisotopic (exact) mass is 475 g/mol. The number of piperidine rings is 2. The zero-order valence-electron chi connectivity index (χ0n) is 21.3. The van der Waals surface area contributed by atoms with Gasteiger partial charge in [-0.3, -0.25) is 4.79 Å². The van der Waals surface area contributed by atoms with Crippen molar-refractivity contribution in [3.8, 4) is 11.1 Å². The van der Waals surface area contributed by atoms with E-state index < -0.39 is 0 Å². The molecule has 2 saturated heterocycles. The summed E-state index contributed by atoms with van der Waals surface area (Å²) in [5, 5.41) is 0. The predicted octanol–water partition coefficient (Wildman–Crippen LogP) is 4.98. The van der Waals surface area contributed by atoms with Crippen molar-refractivity contribution in [3.63, 3.8) is 0 Å². The zero-order chi connectivity index (χ0) is 24.6. The Morgan fingerprint density at radius 3 is 2.31 bits per heavy atom. The average Bonchev–Trinajstić information content (AvgIpc) is 3.20. The van der Waals surface area contributed by atoms with Gasteiger partial charge in [-0.25, -0.2) is 4.79 Å². The maximum atomic E-state index is 12.8. The first-order valence-corrected chi connectivity index (χ1v) is 13.1. The molecular formula is C29H37N3O3. The molecule has 6 nitrogen and oxygen atoms in total. The van der Waals surface area contributed by atoms with Gasteiger partial charge in [0, 0.05) is 43.6 Å². The fourth-order valence-corrected chi connectivity index (χ4v) is 6.46. The number of aryl methyl sites for hydroxylation is 1. The molecule has 3 aliphatic rings. The number of amides is 2. The van der Waals surface area contributed by atoms with Gasteiger partial charge in [-0.15, -0.1) is 0 Å². The fourth-order valence-electron chi connectivity index (χ4n) is 6.46. The third-order valence-electron chi connectivity index (χ3n) is 8.42. The van der Waals surface area contributed by atoms with E-state index in [1.807, 2.05) is 16.7 Å². The largest absolute Gasteiger partial charge is 0.450 e. The first-order valence-electron chi connectivity index (χ1n) is 13.1. The molecule has 0 aromatic heterocycles. The zero-order valence-corrected chi connectivity index (χ0v) is 21.3. The SMILES string of the molecule is CCOC(=O)N1CCC(N2CCC3(CC2)CN(C(C)=O)c2c(-c4ccccc4C)cccc23)CC1. The number of likely N-dealkylation sites (tertiary alicyclic amines) is 2. The lowest BCUT2D eigenvalue weighted by Crippen LogP contribution is -2.52. The molecule has 0 unspecified atom stereocenters. The number of anilines is 1. The van der Waals surface area contributed by atoms with Crippen molar-refractivity contribution < 1.29 is 14.3 Å². The van der Waals surface area contributed by atoms with Gasteiger partial charge in [0.2, 0.25) is 5.91 Å². The molecule has 2 amide bonds. The van der Waals surface area contributed by atoms with E-state index in [9.17, 15) is 9.59 Å². The van der Waals surface area contributed by atoms with Crippen molar-refractivity contribution in [2.24, 2.45) is 0 Å². The van der Waals surface area contributed by atoms with Crippen molar-refractivity contribution in [1.29, 1.82) is 0 Å². The van der Waals surface area contributed by atoms with Gasteiger partial charge in [0.15, 0.2) is 0 Å². The summed E-state index contributed by atoms with van der Waals surface area (Å²) in [6.45, 7) is 10.5. The van der Waals surface area contributed by atoms with Crippen LogP contribution in [0, 0.1) is 6.92 Å². The second-order valence-electron chi connectivity index (χ2n) is 10.4. The Bertz CT molecular complexity index is 1100. The Morgan fingerprint density at radius 1 is 0.971 bits per heavy atom. The van der Waals surface area contributed by atoms with E-state index in [4.69, 9.17) is 4.74 Å². The van der Waals surface area contributed by atoms with E-state index in [0.717, 1.165) is 64.1 Å². The molecular weight excluding hydrogens is 438 g/mol. The lowest BCUT2D eigenvalue weighted by Gasteiger charge is -2.45. The lowest BCUT2D eigenvalue weighted by molar-refractivity contribution is -0.116. The van der Waals surface area contributed by atoms with Crippen molar-refractivity contribution in [2.75, 3.05) is 44.2 Å². The molecule has 186 valence electrons. The molecule has 0 bridgehead atoms. The number of nitrogens with zero attached hydrogens (tertiary/aromatic N) is 3. The van der Waals surface area contributed by atoms with Crippen LogP contribution < -0.4 is 4.90 Å². The molecule has 35 heavy (non-hydrogen) atoms. The van der Waals surface area contributed by atoms with Crippen LogP contribution in [-0.4, -0.2) is 67.2 Å². The van der Waals surface area contributed by atoms with Crippen LogP contribution in [0.15, 0.2) is 42.5 Å². The molecule has 0 saturated carbocycles. The first-order chi connectivity index (χ1) is 16.9.